The minimum absolute atomic E-state index is 0.735. The van der Waals surface area contributed by atoms with Crippen LogP contribution in [0, 0.1) is 5.92 Å². The Bertz CT molecular complexity index is 260. The summed E-state index contributed by atoms with van der Waals surface area (Å²) in [6.45, 7) is 2.25. The standard InChI is InChI=1S/C11H14BrCl/c1-9(8-12)5-6-10-3-2-4-11(13)7-10/h2-4,7,9H,5-6,8H2,1H3. The Morgan fingerprint density at radius 2 is 2.23 bits per heavy atom. The van der Waals surface area contributed by atoms with Crippen molar-refractivity contribution >= 4 is 27.5 Å². The van der Waals surface area contributed by atoms with Gasteiger partial charge in [0.05, 0.1) is 0 Å². The molecule has 0 radical (unpaired) electrons. The van der Waals surface area contributed by atoms with Crippen molar-refractivity contribution in [1.82, 2.24) is 0 Å². The summed E-state index contributed by atoms with van der Waals surface area (Å²) in [5, 5.41) is 1.91. The highest BCUT2D eigenvalue weighted by Gasteiger charge is 2.00. The lowest BCUT2D eigenvalue weighted by molar-refractivity contribution is 0.600. The number of alkyl halides is 1. The minimum atomic E-state index is 0.735. The Balaban J connectivity index is 2.45. The summed E-state index contributed by atoms with van der Waals surface area (Å²) in [5.41, 5.74) is 1.33. The second-order valence-corrected chi connectivity index (χ2v) is 4.51. The molecule has 0 nitrogen and oxygen atoms in total. The SMILES string of the molecule is CC(CBr)CCc1cccc(Cl)c1. The van der Waals surface area contributed by atoms with E-state index >= 15 is 0 Å². The molecule has 1 aromatic rings. The van der Waals surface area contributed by atoms with Gasteiger partial charge in [-0.2, -0.15) is 0 Å². The van der Waals surface area contributed by atoms with E-state index in [9.17, 15) is 0 Å². The van der Waals surface area contributed by atoms with Gasteiger partial charge in [0.2, 0.25) is 0 Å². The first kappa shape index (κ1) is 11.1. The molecule has 0 fully saturated rings. The topological polar surface area (TPSA) is 0 Å². The zero-order valence-electron chi connectivity index (χ0n) is 7.76. The molecule has 0 aliphatic carbocycles. The van der Waals surface area contributed by atoms with Crippen LogP contribution in [0.2, 0.25) is 5.02 Å². The molecule has 72 valence electrons. The van der Waals surface area contributed by atoms with E-state index in [1.54, 1.807) is 0 Å². The molecule has 0 saturated carbocycles. The molecule has 0 aliphatic rings. The number of hydrogen-bond acceptors (Lipinski definition) is 0. The summed E-state index contributed by atoms with van der Waals surface area (Å²) in [7, 11) is 0. The Morgan fingerprint density at radius 3 is 2.85 bits per heavy atom. The molecule has 13 heavy (non-hydrogen) atoms. The van der Waals surface area contributed by atoms with Gasteiger partial charge < -0.3 is 0 Å². The monoisotopic (exact) mass is 260 g/mol. The van der Waals surface area contributed by atoms with Crippen molar-refractivity contribution in [2.75, 3.05) is 5.33 Å². The van der Waals surface area contributed by atoms with E-state index in [1.165, 1.54) is 12.0 Å². The summed E-state index contributed by atoms with van der Waals surface area (Å²) in [4.78, 5) is 0. The van der Waals surface area contributed by atoms with Gasteiger partial charge in [-0.3, -0.25) is 0 Å². The highest BCUT2D eigenvalue weighted by Crippen LogP contribution is 2.15. The molecule has 1 unspecified atom stereocenters. The van der Waals surface area contributed by atoms with Crippen LogP contribution in [0.3, 0.4) is 0 Å². The highest BCUT2D eigenvalue weighted by molar-refractivity contribution is 9.09. The molecule has 0 spiro atoms. The smallest absolute Gasteiger partial charge is 0.0408 e. The van der Waals surface area contributed by atoms with E-state index < -0.39 is 0 Å². The average Bonchev–Trinajstić information content (AvgIpc) is 2.14. The van der Waals surface area contributed by atoms with E-state index in [-0.39, 0.29) is 0 Å². The van der Waals surface area contributed by atoms with Crippen molar-refractivity contribution in [2.45, 2.75) is 19.8 Å². The van der Waals surface area contributed by atoms with Crippen molar-refractivity contribution in [2.24, 2.45) is 5.92 Å². The largest absolute Gasteiger partial charge is 0.0925 e. The predicted molar refractivity (Wildman–Crippen MR) is 62.7 cm³/mol. The summed E-state index contributed by atoms with van der Waals surface area (Å²) in [6, 6.07) is 8.10. The number of aryl methyl sites for hydroxylation is 1. The van der Waals surface area contributed by atoms with Crippen LogP contribution in [0.25, 0.3) is 0 Å². The summed E-state index contributed by atoms with van der Waals surface area (Å²) >= 11 is 9.36. The molecular weight excluding hydrogens is 247 g/mol. The lowest BCUT2D eigenvalue weighted by Gasteiger charge is -2.06. The van der Waals surface area contributed by atoms with Crippen molar-refractivity contribution in [1.29, 1.82) is 0 Å². The lowest BCUT2D eigenvalue weighted by atomic mass is 10.0. The molecule has 0 N–H and O–H groups in total. The zero-order valence-corrected chi connectivity index (χ0v) is 10.1. The Hall–Kier alpha value is -0.0100. The van der Waals surface area contributed by atoms with Crippen molar-refractivity contribution in [3.8, 4) is 0 Å². The van der Waals surface area contributed by atoms with Crippen molar-refractivity contribution in [3.05, 3.63) is 34.9 Å². The van der Waals surface area contributed by atoms with Crippen LogP contribution >= 0.6 is 27.5 Å². The highest BCUT2D eigenvalue weighted by atomic mass is 79.9. The van der Waals surface area contributed by atoms with Gasteiger partial charge >= 0.3 is 0 Å². The normalized spacial score (nSPS) is 12.8. The Kier molecular flexibility index (Phi) is 4.82. The van der Waals surface area contributed by atoms with Gasteiger partial charge in [-0.05, 0) is 36.5 Å². The van der Waals surface area contributed by atoms with Crippen molar-refractivity contribution in [3.63, 3.8) is 0 Å². The number of rotatable bonds is 4. The van der Waals surface area contributed by atoms with E-state index in [0.717, 1.165) is 22.7 Å². The minimum Gasteiger partial charge on any atom is -0.0925 e. The maximum absolute atomic E-state index is 5.88. The fraction of sp³-hybridized carbons (Fsp3) is 0.455. The fourth-order valence-electron chi connectivity index (χ4n) is 1.18. The predicted octanol–water partition coefficient (Wildman–Crippen LogP) is 4.30. The molecular formula is C11H14BrCl. The third-order valence-corrected chi connectivity index (χ3v) is 3.42. The van der Waals surface area contributed by atoms with Crippen molar-refractivity contribution < 1.29 is 0 Å². The molecule has 2 heteroatoms. The third kappa shape index (κ3) is 4.15. The van der Waals surface area contributed by atoms with Gasteiger partial charge in [0, 0.05) is 10.4 Å². The van der Waals surface area contributed by atoms with E-state index in [2.05, 4.69) is 28.9 Å². The summed E-state index contributed by atoms with van der Waals surface area (Å²) in [6.07, 6.45) is 2.33. The Morgan fingerprint density at radius 1 is 1.46 bits per heavy atom. The summed E-state index contributed by atoms with van der Waals surface area (Å²) in [5.74, 6) is 0.735. The van der Waals surface area contributed by atoms with Crippen LogP contribution in [0.15, 0.2) is 24.3 Å². The zero-order chi connectivity index (χ0) is 9.68. The summed E-state index contributed by atoms with van der Waals surface area (Å²) < 4.78 is 0. The van der Waals surface area contributed by atoms with Gasteiger partial charge in [0.15, 0.2) is 0 Å². The van der Waals surface area contributed by atoms with Gasteiger partial charge in [-0.15, -0.1) is 0 Å². The molecule has 1 rings (SSSR count). The third-order valence-electron chi connectivity index (χ3n) is 2.08. The molecule has 0 amide bonds. The van der Waals surface area contributed by atoms with Gasteiger partial charge in [0.1, 0.15) is 0 Å². The van der Waals surface area contributed by atoms with E-state index in [0.29, 0.717) is 0 Å². The van der Waals surface area contributed by atoms with Gasteiger partial charge in [-0.25, -0.2) is 0 Å². The van der Waals surface area contributed by atoms with Gasteiger partial charge in [0.25, 0.3) is 0 Å². The first-order valence-corrected chi connectivity index (χ1v) is 6.02. The fourth-order valence-corrected chi connectivity index (χ4v) is 1.72. The van der Waals surface area contributed by atoms with Crippen LogP contribution in [-0.4, -0.2) is 5.33 Å². The maximum atomic E-state index is 5.88. The first-order valence-electron chi connectivity index (χ1n) is 4.53. The first-order chi connectivity index (χ1) is 6.22. The molecule has 1 aromatic carbocycles. The van der Waals surface area contributed by atoms with Crippen LogP contribution in [0.4, 0.5) is 0 Å². The number of benzene rings is 1. The van der Waals surface area contributed by atoms with Crippen LogP contribution in [-0.2, 0) is 6.42 Å². The molecule has 0 aliphatic heterocycles. The van der Waals surface area contributed by atoms with Gasteiger partial charge in [-0.1, -0.05) is 46.6 Å². The molecule has 0 bridgehead atoms. The Labute approximate surface area is 93.4 Å². The number of halogens is 2. The second kappa shape index (κ2) is 5.66. The second-order valence-electron chi connectivity index (χ2n) is 3.43. The van der Waals surface area contributed by atoms with Crippen LogP contribution in [0.1, 0.15) is 18.9 Å². The number of hydrogen-bond donors (Lipinski definition) is 0. The van der Waals surface area contributed by atoms with Crippen LogP contribution in [0.5, 0.6) is 0 Å². The molecule has 0 aromatic heterocycles. The average molecular weight is 262 g/mol. The maximum Gasteiger partial charge on any atom is 0.0408 e. The molecule has 0 saturated heterocycles. The molecule has 0 heterocycles. The van der Waals surface area contributed by atoms with E-state index in [4.69, 9.17) is 11.6 Å². The molecule has 1 atom stereocenters. The van der Waals surface area contributed by atoms with E-state index in [1.807, 2.05) is 18.2 Å². The lowest BCUT2D eigenvalue weighted by Crippen LogP contribution is -1.97. The van der Waals surface area contributed by atoms with Crippen LogP contribution < -0.4 is 0 Å². The quantitative estimate of drug-likeness (QED) is 0.709.